The van der Waals surface area contributed by atoms with Crippen LogP contribution >= 0.6 is 20.1 Å². The number of carbonyl (C=O) groups is 2. The Bertz CT molecular complexity index is 1840. The molecule has 0 radical (unpaired) electrons. The van der Waals surface area contributed by atoms with Gasteiger partial charge in [-0.15, -0.1) is 0 Å². The van der Waals surface area contributed by atoms with Gasteiger partial charge < -0.3 is 51.0 Å². The maximum atomic E-state index is 13.2. The number of nitrogens with two attached hydrogens (primary N) is 4. The van der Waals surface area contributed by atoms with Crippen LogP contribution in [0.25, 0.3) is 11.4 Å². The van der Waals surface area contributed by atoms with Gasteiger partial charge in [0.2, 0.25) is 0 Å². The summed E-state index contributed by atoms with van der Waals surface area (Å²) in [5.41, 5.74) is 27.7. The Kier molecular flexibility index (Phi) is 17.0. The Morgan fingerprint density at radius 1 is 0.645 bits per heavy atom. The van der Waals surface area contributed by atoms with Gasteiger partial charge in [-0.05, 0) is 129 Å². The predicted octanol–water partition coefficient (Wildman–Crippen LogP) is 6.54. The van der Waals surface area contributed by atoms with Crippen molar-refractivity contribution in [3.05, 3.63) is 71.1 Å². The molecule has 2 aliphatic heterocycles. The van der Waals surface area contributed by atoms with Gasteiger partial charge >= 0.3 is 12.2 Å². The third kappa shape index (κ3) is 14.9. The van der Waals surface area contributed by atoms with E-state index in [1.54, 1.807) is 46.5 Å². The van der Waals surface area contributed by atoms with Gasteiger partial charge in [-0.25, -0.2) is 39.6 Å². The highest BCUT2D eigenvalue weighted by atomic mass is 32.3. The monoisotopic (exact) mass is 905 g/mol. The van der Waals surface area contributed by atoms with Gasteiger partial charge in [0.1, 0.15) is 36.3 Å². The molecule has 62 heavy (non-hydrogen) atoms. The predicted molar refractivity (Wildman–Crippen MR) is 256 cm³/mol. The number of hydrogen-bond acceptors (Lipinski definition) is 12. The number of likely N-dealkylation sites (tertiary alicyclic amines) is 2. The summed E-state index contributed by atoms with van der Waals surface area (Å²) in [4.78, 5) is 39.5. The minimum absolute atomic E-state index is 0.208. The number of aromatic nitrogens is 4. The van der Waals surface area contributed by atoms with Crippen LogP contribution in [-0.4, -0.2) is 128 Å². The number of carbonyl (C=O) groups excluding carboxylic acids is 2. The Balaban J connectivity index is 1.60. The smallest absolute Gasteiger partial charge is 0.410 e. The fourth-order valence-electron chi connectivity index (χ4n) is 6.84. The molecule has 0 unspecified atom stereocenters. The molecule has 4 heterocycles. The van der Waals surface area contributed by atoms with Crippen LogP contribution < -0.4 is 22.9 Å². The Morgan fingerprint density at radius 2 is 1.00 bits per heavy atom. The van der Waals surface area contributed by atoms with Crippen molar-refractivity contribution >= 4 is 43.6 Å². The van der Waals surface area contributed by atoms with Crippen LogP contribution in [0, 0.1) is 0 Å². The summed E-state index contributed by atoms with van der Waals surface area (Å²) >= 11 is 0. The van der Waals surface area contributed by atoms with E-state index in [9.17, 15) is 9.59 Å². The molecule has 2 amide bonds. The second kappa shape index (κ2) is 20.9. The molecule has 0 spiro atoms. The van der Waals surface area contributed by atoms with Crippen molar-refractivity contribution in [1.82, 2.24) is 28.9 Å². The summed E-state index contributed by atoms with van der Waals surface area (Å²) in [6.07, 6.45) is 25.9. The molecule has 16 nitrogen and oxygen atoms in total. The number of hydrogen-bond donors (Lipinski definition) is 4. The fraction of sp³-hybridized carbons (Fsp3) is 0.636. The van der Waals surface area contributed by atoms with Gasteiger partial charge in [0.15, 0.2) is 0 Å². The Hall–Kier alpha value is -4.26. The first-order valence-corrected chi connectivity index (χ1v) is 27.2. The van der Waals surface area contributed by atoms with E-state index in [0.717, 1.165) is 37.2 Å². The zero-order valence-corrected chi connectivity index (χ0v) is 41.0. The zero-order valence-electron chi connectivity index (χ0n) is 39.4. The zero-order chi connectivity index (χ0) is 46.2. The lowest BCUT2D eigenvalue weighted by atomic mass is 10.2. The molecular weight excluding hydrogens is 829 g/mol. The molecule has 2 aliphatic rings. The van der Waals surface area contributed by atoms with Crippen LogP contribution in [0.15, 0.2) is 48.1 Å². The van der Waals surface area contributed by atoms with Crippen molar-refractivity contribution in [3.8, 4) is 0 Å². The second-order valence-electron chi connectivity index (χ2n) is 19.7. The molecule has 350 valence electrons. The normalized spacial score (nSPS) is 19.4. The molecule has 2 saturated heterocycles. The maximum absolute atomic E-state index is 13.2. The summed E-state index contributed by atoms with van der Waals surface area (Å²) in [5, 5.41) is 0. The molecular formula is C44H76N10O6S2. The first kappa shape index (κ1) is 50.4. The third-order valence-electron chi connectivity index (χ3n) is 10.1. The molecule has 0 saturated carbocycles. The largest absolute Gasteiger partial charge is 0.444 e. The number of nitrogens with zero attached hydrogens (tertiary/aromatic N) is 6. The third-order valence-corrected chi connectivity index (χ3v) is 12.8. The average molecular weight is 905 g/mol. The lowest BCUT2D eigenvalue weighted by Crippen LogP contribution is -2.37. The van der Waals surface area contributed by atoms with Crippen LogP contribution in [-0.2, 0) is 32.4 Å². The molecule has 2 fully saturated rings. The van der Waals surface area contributed by atoms with Crippen LogP contribution in [0.1, 0.15) is 102 Å². The molecule has 0 aliphatic carbocycles. The van der Waals surface area contributed by atoms with E-state index in [-0.39, 0.29) is 49.1 Å². The highest BCUT2D eigenvalue weighted by Gasteiger charge is 2.38. The second-order valence-corrected chi connectivity index (χ2v) is 28.9. The van der Waals surface area contributed by atoms with E-state index < -0.39 is 31.3 Å². The van der Waals surface area contributed by atoms with Crippen molar-refractivity contribution < 1.29 is 28.5 Å². The number of imidazole rings is 2. The highest BCUT2D eigenvalue weighted by Crippen LogP contribution is 2.37. The fourth-order valence-corrected chi connectivity index (χ4v) is 8.08. The first-order chi connectivity index (χ1) is 28.7. The lowest BCUT2D eigenvalue weighted by Gasteiger charge is -2.29. The van der Waals surface area contributed by atoms with Crippen LogP contribution in [0.5, 0.6) is 0 Å². The van der Waals surface area contributed by atoms with Gasteiger partial charge in [-0.1, -0.05) is 0 Å². The summed E-state index contributed by atoms with van der Waals surface area (Å²) < 4.78 is 27.7. The Morgan fingerprint density at radius 3 is 1.32 bits per heavy atom. The van der Waals surface area contributed by atoms with Crippen molar-refractivity contribution in [3.63, 3.8) is 0 Å². The topological polar surface area (TPSA) is 217 Å². The van der Waals surface area contributed by atoms with Gasteiger partial charge in [-0.3, -0.25) is 9.80 Å². The van der Waals surface area contributed by atoms with Crippen molar-refractivity contribution in [1.29, 1.82) is 0 Å². The van der Waals surface area contributed by atoms with E-state index in [0.29, 0.717) is 60.7 Å². The van der Waals surface area contributed by atoms with E-state index in [1.165, 1.54) is 0 Å². The van der Waals surface area contributed by atoms with E-state index in [2.05, 4.69) is 37.5 Å². The van der Waals surface area contributed by atoms with Crippen molar-refractivity contribution in [2.75, 3.05) is 75.3 Å². The summed E-state index contributed by atoms with van der Waals surface area (Å²) in [6, 6.07) is -0.602. The van der Waals surface area contributed by atoms with Crippen LogP contribution in [0.4, 0.5) is 9.59 Å². The number of rotatable bonds is 17. The summed E-state index contributed by atoms with van der Waals surface area (Å²) in [5.74, 6) is 3.23. The van der Waals surface area contributed by atoms with Gasteiger partial charge in [0.05, 0.1) is 71.9 Å². The standard InChI is InChI=1S/C44H76N10O6S2/c1-43(2,3)59-41(55)51-21-13-15-35(51)39-49-27-37(53(39)29-57-23-25-61(7,8)9)33(47)19-17-31(45)32(46)18-20-34(48)38-28-50-40(54(38)30-58-24-26-62(10,11)12)36-16-14-22-52(36)42(56)60-44(4,5)6/h17-20,27-28,35-36H,13-16,21-26,29-30,45-48H2,1-12H3/b31-17-,32-18-,33-19-,34-20-/t35-,36-/m0/s1. The minimum Gasteiger partial charge on any atom is -0.444 e. The molecule has 0 aromatic carbocycles. The molecule has 8 N–H and O–H groups in total. The number of ether oxygens (including phenoxy) is 4. The van der Waals surface area contributed by atoms with E-state index >= 15 is 0 Å². The number of allylic oxidation sites excluding steroid dienone is 4. The summed E-state index contributed by atoms with van der Waals surface area (Å²) in [6.45, 7) is 13.8. The van der Waals surface area contributed by atoms with Gasteiger partial charge in [0.25, 0.3) is 0 Å². The van der Waals surface area contributed by atoms with Gasteiger partial charge in [0, 0.05) is 24.6 Å². The maximum Gasteiger partial charge on any atom is 0.410 e. The molecule has 4 rings (SSSR count). The van der Waals surface area contributed by atoms with Crippen LogP contribution in [0.2, 0.25) is 0 Å². The van der Waals surface area contributed by atoms with Crippen LogP contribution in [0.3, 0.4) is 0 Å². The Labute approximate surface area is 373 Å². The quantitative estimate of drug-likeness (QED) is 0.0983. The molecule has 2 aromatic rings. The molecule has 2 atom stereocenters. The molecule has 18 heteroatoms. The first-order valence-electron chi connectivity index (χ1n) is 21.2. The van der Waals surface area contributed by atoms with Crippen molar-refractivity contribution in [2.45, 2.75) is 104 Å². The average Bonchev–Trinajstić information content (AvgIpc) is 3.96. The van der Waals surface area contributed by atoms with E-state index in [1.807, 2.05) is 50.7 Å². The molecule has 2 aromatic heterocycles. The highest BCUT2D eigenvalue weighted by molar-refractivity contribution is 8.32. The number of amides is 2. The SMILES string of the molecule is CC(C)(C)OC(=O)N1CCC[C@H]1c1ncc(/C(N)=C/C=C(N)/C(N)=C/C=C(\N)c2cnc([C@@H]3CCCN3C(=O)OC(C)(C)C)n2COCCS(C)(C)C)n1COCCS(C)(C)C. The summed E-state index contributed by atoms with van der Waals surface area (Å²) in [7, 11) is -1.53. The van der Waals surface area contributed by atoms with E-state index in [4.69, 9.17) is 51.9 Å². The molecule has 0 bridgehead atoms. The minimum atomic E-state index is -0.764. The lowest BCUT2D eigenvalue weighted by molar-refractivity contribution is 0.0195. The van der Waals surface area contributed by atoms with Crippen molar-refractivity contribution in [2.24, 2.45) is 22.9 Å². The van der Waals surface area contributed by atoms with Gasteiger partial charge in [-0.2, -0.15) is 0 Å².